The average Bonchev–Trinajstić information content (AvgIpc) is 3.03. The lowest BCUT2D eigenvalue weighted by atomic mass is 10.0. The molecule has 3 rings (SSSR count). The SMILES string of the molecule is CCOC(=O)N1CCN(C(=O)Cc2ccc3c(c2)CCC3)CC1. The van der Waals surface area contributed by atoms with Crippen LogP contribution in [-0.4, -0.2) is 54.6 Å². The summed E-state index contributed by atoms with van der Waals surface area (Å²) in [7, 11) is 0. The molecule has 1 saturated heterocycles. The smallest absolute Gasteiger partial charge is 0.409 e. The molecule has 0 atom stereocenters. The summed E-state index contributed by atoms with van der Waals surface area (Å²) >= 11 is 0. The molecule has 5 nitrogen and oxygen atoms in total. The number of rotatable bonds is 3. The van der Waals surface area contributed by atoms with Crippen LogP contribution >= 0.6 is 0 Å². The minimum atomic E-state index is -0.279. The van der Waals surface area contributed by atoms with Gasteiger partial charge in [-0.25, -0.2) is 4.79 Å². The van der Waals surface area contributed by atoms with Crippen molar-refractivity contribution in [2.45, 2.75) is 32.6 Å². The number of nitrogens with zero attached hydrogens (tertiary/aromatic N) is 2. The lowest BCUT2D eigenvalue weighted by Crippen LogP contribution is -2.51. The standard InChI is InChI=1S/C18H24N2O3/c1-2-23-18(22)20-10-8-19(9-11-20)17(21)13-14-6-7-15-4-3-5-16(15)12-14/h6-7,12H,2-5,8-11,13H2,1H3. The van der Waals surface area contributed by atoms with E-state index in [1.807, 2.05) is 4.90 Å². The number of amides is 2. The fourth-order valence-corrected chi connectivity index (χ4v) is 3.37. The first kappa shape index (κ1) is 15.8. The van der Waals surface area contributed by atoms with Crippen LogP contribution in [0.1, 0.15) is 30.0 Å². The molecule has 0 bridgehead atoms. The van der Waals surface area contributed by atoms with E-state index in [1.165, 1.54) is 24.0 Å². The van der Waals surface area contributed by atoms with Gasteiger partial charge in [-0.05, 0) is 42.9 Å². The molecule has 0 radical (unpaired) electrons. The van der Waals surface area contributed by atoms with Crippen LogP contribution < -0.4 is 0 Å². The van der Waals surface area contributed by atoms with Crippen LogP contribution in [0.25, 0.3) is 0 Å². The van der Waals surface area contributed by atoms with E-state index in [0.717, 1.165) is 12.0 Å². The topological polar surface area (TPSA) is 49.9 Å². The predicted molar refractivity (Wildman–Crippen MR) is 87.3 cm³/mol. The van der Waals surface area contributed by atoms with Crippen molar-refractivity contribution in [2.24, 2.45) is 0 Å². The first-order valence-corrected chi connectivity index (χ1v) is 8.47. The van der Waals surface area contributed by atoms with Gasteiger partial charge in [-0.1, -0.05) is 18.2 Å². The highest BCUT2D eigenvalue weighted by Crippen LogP contribution is 2.23. The first-order valence-electron chi connectivity index (χ1n) is 8.47. The molecular weight excluding hydrogens is 292 g/mol. The number of fused-ring (bicyclic) bond motifs is 1. The number of ether oxygens (including phenoxy) is 1. The Kier molecular flexibility index (Phi) is 4.84. The maximum atomic E-state index is 12.5. The van der Waals surface area contributed by atoms with Crippen LogP contribution in [0.5, 0.6) is 0 Å². The van der Waals surface area contributed by atoms with Gasteiger partial charge >= 0.3 is 6.09 Å². The summed E-state index contributed by atoms with van der Waals surface area (Å²) < 4.78 is 5.00. The highest BCUT2D eigenvalue weighted by atomic mass is 16.6. The normalized spacial score (nSPS) is 17.1. The van der Waals surface area contributed by atoms with Crippen LogP contribution in [-0.2, 0) is 28.8 Å². The van der Waals surface area contributed by atoms with E-state index < -0.39 is 0 Å². The number of piperazine rings is 1. The molecule has 124 valence electrons. The summed E-state index contributed by atoms with van der Waals surface area (Å²) in [5, 5.41) is 0. The molecule has 1 aromatic rings. The van der Waals surface area contributed by atoms with Gasteiger partial charge in [0.1, 0.15) is 0 Å². The Hall–Kier alpha value is -2.04. The van der Waals surface area contributed by atoms with Crippen molar-refractivity contribution in [1.82, 2.24) is 9.80 Å². The molecule has 0 unspecified atom stereocenters. The van der Waals surface area contributed by atoms with Gasteiger partial charge in [0.15, 0.2) is 0 Å². The summed E-state index contributed by atoms with van der Waals surface area (Å²) in [4.78, 5) is 27.7. The molecule has 2 amide bonds. The van der Waals surface area contributed by atoms with E-state index in [4.69, 9.17) is 4.74 Å². The van der Waals surface area contributed by atoms with Gasteiger partial charge in [0, 0.05) is 26.2 Å². The quantitative estimate of drug-likeness (QED) is 0.857. The summed E-state index contributed by atoms with van der Waals surface area (Å²) in [5.74, 6) is 0.145. The third-order valence-corrected chi connectivity index (χ3v) is 4.68. The maximum Gasteiger partial charge on any atom is 0.409 e. The highest BCUT2D eigenvalue weighted by molar-refractivity contribution is 5.79. The molecular formula is C18H24N2O3. The van der Waals surface area contributed by atoms with Crippen molar-refractivity contribution < 1.29 is 14.3 Å². The largest absolute Gasteiger partial charge is 0.450 e. The van der Waals surface area contributed by atoms with Crippen LogP contribution in [0.4, 0.5) is 4.79 Å². The van der Waals surface area contributed by atoms with Crippen LogP contribution in [0, 0.1) is 0 Å². The third kappa shape index (κ3) is 3.66. The molecule has 0 saturated carbocycles. The van der Waals surface area contributed by atoms with Gasteiger partial charge in [0.05, 0.1) is 13.0 Å². The minimum absolute atomic E-state index is 0.145. The number of benzene rings is 1. The fraction of sp³-hybridized carbons (Fsp3) is 0.556. The molecule has 0 aromatic heterocycles. The third-order valence-electron chi connectivity index (χ3n) is 4.68. The van der Waals surface area contributed by atoms with Gasteiger partial charge < -0.3 is 14.5 Å². The Balaban J connectivity index is 1.53. The number of carbonyl (C=O) groups excluding carboxylic acids is 2. The van der Waals surface area contributed by atoms with Crippen molar-refractivity contribution in [2.75, 3.05) is 32.8 Å². The lowest BCUT2D eigenvalue weighted by Gasteiger charge is -2.34. The lowest BCUT2D eigenvalue weighted by molar-refractivity contribution is -0.132. The Morgan fingerprint density at radius 1 is 1.04 bits per heavy atom. The molecule has 2 aliphatic rings. The molecule has 1 heterocycles. The molecule has 1 aromatic carbocycles. The molecule has 23 heavy (non-hydrogen) atoms. The van der Waals surface area contributed by atoms with Crippen LogP contribution in [0.2, 0.25) is 0 Å². The second-order valence-electron chi connectivity index (χ2n) is 6.20. The van der Waals surface area contributed by atoms with Crippen molar-refractivity contribution in [3.05, 3.63) is 34.9 Å². The molecule has 0 spiro atoms. The minimum Gasteiger partial charge on any atom is -0.450 e. The molecule has 0 N–H and O–H groups in total. The number of carbonyl (C=O) groups is 2. The number of hydrogen-bond donors (Lipinski definition) is 0. The highest BCUT2D eigenvalue weighted by Gasteiger charge is 2.25. The summed E-state index contributed by atoms with van der Waals surface area (Å²) in [5.41, 5.74) is 3.94. The van der Waals surface area contributed by atoms with E-state index >= 15 is 0 Å². The van der Waals surface area contributed by atoms with Gasteiger partial charge in [-0.3, -0.25) is 4.79 Å². The van der Waals surface area contributed by atoms with E-state index in [1.54, 1.807) is 11.8 Å². The average molecular weight is 316 g/mol. The van der Waals surface area contributed by atoms with Gasteiger partial charge in [-0.2, -0.15) is 0 Å². The first-order chi connectivity index (χ1) is 11.2. The van der Waals surface area contributed by atoms with Gasteiger partial charge in [-0.15, -0.1) is 0 Å². The van der Waals surface area contributed by atoms with Crippen LogP contribution in [0.15, 0.2) is 18.2 Å². The Bertz CT molecular complexity index is 592. The second kappa shape index (κ2) is 7.02. The maximum absolute atomic E-state index is 12.5. The van der Waals surface area contributed by atoms with Crippen molar-refractivity contribution in [3.63, 3.8) is 0 Å². The van der Waals surface area contributed by atoms with Crippen molar-refractivity contribution >= 4 is 12.0 Å². The summed E-state index contributed by atoms with van der Waals surface area (Å²) in [6, 6.07) is 6.44. The van der Waals surface area contributed by atoms with Gasteiger partial charge in [0.25, 0.3) is 0 Å². The zero-order chi connectivity index (χ0) is 16.2. The van der Waals surface area contributed by atoms with E-state index in [0.29, 0.717) is 39.2 Å². The van der Waals surface area contributed by atoms with Crippen molar-refractivity contribution in [3.8, 4) is 0 Å². The molecule has 1 aliphatic carbocycles. The van der Waals surface area contributed by atoms with E-state index in [9.17, 15) is 9.59 Å². The van der Waals surface area contributed by atoms with Crippen LogP contribution in [0.3, 0.4) is 0 Å². The number of aryl methyl sites for hydroxylation is 2. The summed E-state index contributed by atoms with van der Waals surface area (Å²) in [6.07, 6.45) is 3.70. The molecule has 1 aliphatic heterocycles. The van der Waals surface area contributed by atoms with E-state index in [-0.39, 0.29) is 12.0 Å². The second-order valence-corrected chi connectivity index (χ2v) is 6.20. The number of hydrogen-bond acceptors (Lipinski definition) is 3. The molecule has 5 heteroatoms. The zero-order valence-electron chi connectivity index (χ0n) is 13.7. The zero-order valence-corrected chi connectivity index (χ0v) is 13.7. The fourth-order valence-electron chi connectivity index (χ4n) is 3.37. The predicted octanol–water partition coefficient (Wildman–Crippen LogP) is 2.02. The Morgan fingerprint density at radius 3 is 2.48 bits per heavy atom. The monoisotopic (exact) mass is 316 g/mol. The Morgan fingerprint density at radius 2 is 1.74 bits per heavy atom. The Labute approximate surface area is 137 Å². The molecule has 1 fully saturated rings. The summed E-state index contributed by atoms with van der Waals surface area (Å²) in [6.45, 7) is 4.46. The van der Waals surface area contributed by atoms with E-state index in [2.05, 4.69) is 18.2 Å². The van der Waals surface area contributed by atoms with Gasteiger partial charge in [0.2, 0.25) is 5.91 Å². The van der Waals surface area contributed by atoms with Crippen molar-refractivity contribution in [1.29, 1.82) is 0 Å².